The summed E-state index contributed by atoms with van der Waals surface area (Å²) in [7, 11) is 0. The van der Waals surface area contributed by atoms with E-state index >= 15 is 0 Å². The molecule has 0 aromatic carbocycles. The highest BCUT2D eigenvalue weighted by atomic mass is 35.5. The van der Waals surface area contributed by atoms with E-state index in [0.29, 0.717) is 38.9 Å². The van der Waals surface area contributed by atoms with Gasteiger partial charge in [0.15, 0.2) is 12.0 Å². The number of amides is 2. The standard InChI is InChI=1S/C19H33ClN14O2S/c1-10-11(37-9-24-10)2-3-12(35)33-6-4-19(5-7-33)8-34(23)18(28-19)27-17(36)13-15(29-31-21)26-16(30-32-22)14(20)25-13/h13,15,18,24-26,28H,2-9,23H2,1H3,(H2,21,29)(H2,22,30)(H,27,36). The normalized spacial score (nSPS) is 28.2. The van der Waals surface area contributed by atoms with Crippen molar-refractivity contribution in [3.8, 4) is 0 Å². The maximum absolute atomic E-state index is 13.1. The Balaban J connectivity index is 1.31. The second-order valence-electron chi connectivity index (χ2n) is 9.22. The van der Waals surface area contributed by atoms with Crippen molar-refractivity contribution in [2.45, 2.75) is 56.6 Å². The van der Waals surface area contributed by atoms with E-state index in [0.717, 1.165) is 18.0 Å². The molecule has 1 spiro atoms. The first-order chi connectivity index (χ1) is 17.7. The van der Waals surface area contributed by atoms with E-state index in [9.17, 15) is 9.59 Å². The summed E-state index contributed by atoms with van der Waals surface area (Å²) >= 11 is 7.92. The summed E-state index contributed by atoms with van der Waals surface area (Å²) in [6.07, 6.45) is 1.14. The number of allylic oxidation sites excluding steroid dienone is 2. The number of hydrogen-bond acceptors (Lipinski definition) is 13. The van der Waals surface area contributed by atoms with Crippen LogP contribution in [0.2, 0.25) is 0 Å². The molecule has 2 amide bonds. The molecule has 18 heteroatoms. The number of thioether (sulfide) groups is 1. The third-order valence-corrected chi connectivity index (χ3v) is 8.34. The Hall–Kier alpha value is -2.86. The number of rotatable bonds is 7. The zero-order valence-corrected chi connectivity index (χ0v) is 22.0. The number of nitrogens with one attached hydrogen (secondary N) is 5. The van der Waals surface area contributed by atoms with Crippen LogP contribution >= 0.6 is 23.4 Å². The quantitative estimate of drug-likeness (QED) is 0.0797. The summed E-state index contributed by atoms with van der Waals surface area (Å²) in [4.78, 5) is 29.1. The summed E-state index contributed by atoms with van der Waals surface area (Å²) in [6.45, 7) is 3.80. The van der Waals surface area contributed by atoms with Gasteiger partial charge in [0, 0.05) is 42.2 Å². The Morgan fingerprint density at radius 3 is 2.65 bits per heavy atom. The lowest BCUT2D eigenvalue weighted by Crippen LogP contribution is -2.63. The van der Waals surface area contributed by atoms with Crippen LogP contribution < -0.4 is 44.1 Å². The fourth-order valence-electron chi connectivity index (χ4n) is 4.84. The minimum absolute atomic E-state index is 0.0320. The molecule has 37 heavy (non-hydrogen) atoms. The summed E-state index contributed by atoms with van der Waals surface area (Å²) in [5.74, 6) is 17.2. The molecule has 4 aliphatic heterocycles. The average molecular weight is 557 g/mol. The molecule has 0 radical (unpaired) electrons. The maximum atomic E-state index is 13.1. The monoisotopic (exact) mass is 556 g/mol. The SMILES string of the molecule is CC1=C(CCC(=O)N2CCC3(CC2)CN(N)C(NC(=O)C2NC(Cl)=C(N=NN)NC2N=NN)N3)SCN1. The highest BCUT2D eigenvalue weighted by molar-refractivity contribution is 8.03. The Morgan fingerprint density at radius 1 is 1.24 bits per heavy atom. The molecule has 11 N–H and O–H groups in total. The first-order valence-electron chi connectivity index (χ1n) is 11.8. The summed E-state index contributed by atoms with van der Waals surface area (Å²) in [6, 6.07) is -0.963. The minimum Gasteiger partial charge on any atom is -0.379 e. The van der Waals surface area contributed by atoms with Gasteiger partial charge >= 0.3 is 0 Å². The Labute approximate surface area is 223 Å². The molecule has 2 saturated heterocycles. The zero-order chi connectivity index (χ0) is 26.6. The second-order valence-corrected chi connectivity index (χ2v) is 10.7. The molecule has 0 aromatic heterocycles. The minimum atomic E-state index is -0.963. The van der Waals surface area contributed by atoms with Crippen LogP contribution in [0.3, 0.4) is 0 Å². The van der Waals surface area contributed by atoms with Crippen LogP contribution in [0.5, 0.6) is 0 Å². The molecule has 2 fully saturated rings. The molecule has 0 bridgehead atoms. The van der Waals surface area contributed by atoms with Gasteiger partial charge < -0.3 is 37.9 Å². The molecule has 3 atom stereocenters. The molecule has 0 saturated carbocycles. The third-order valence-electron chi connectivity index (χ3n) is 6.90. The van der Waals surface area contributed by atoms with E-state index in [1.807, 2.05) is 11.8 Å². The highest BCUT2D eigenvalue weighted by Gasteiger charge is 2.46. The van der Waals surface area contributed by atoms with Crippen molar-refractivity contribution in [2.75, 3.05) is 25.5 Å². The number of carbonyl (C=O) groups is 2. The fourth-order valence-corrected chi connectivity index (χ4v) is 6.05. The lowest BCUT2D eigenvalue weighted by Gasteiger charge is -2.39. The number of likely N-dealkylation sites (tertiary alicyclic amines) is 1. The van der Waals surface area contributed by atoms with Gasteiger partial charge in [0.1, 0.15) is 17.5 Å². The van der Waals surface area contributed by atoms with Crippen molar-refractivity contribution in [3.05, 3.63) is 21.6 Å². The number of nitrogens with zero attached hydrogens (tertiary/aromatic N) is 6. The first kappa shape index (κ1) is 27.2. The van der Waals surface area contributed by atoms with E-state index in [-0.39, 0.29) is 22.4 Å². The zero-order valence-electron chi connectivity index (χ0n) is 20.4. The molecule has 4 heterocycles. The van der Waals surface area contributed by atoms with Crippen molar-refractivity contribution >= 4 is 35.2 Å². The third kappa shape index (κ3) is 6.18. The van der Waals surface area contributed by atoms with Crippen LogP contribution in [-0.4, -0.2) is 71.3 Å². The largest absolute Gasteiger partial charge is 0.379 e. The van der Waals surface area contributed by atoms with Gasteiger partial charge in [-0.25, -0.2) is 5.01 Å². The van der Waals surface area contributed by atoms with Crippen LogP contribution in [0.4, 0.5) is 0 Å². The number of nitrogens with two attached hydrogens (primary N) is 3. The van der Waals surface area contributed by atoms with Crippen LogP contribution in [0.15, 0.2) is 42.3 Å². The smallest absolute Gasteiger partial charge is 0.249 e. The molecule has 16 nitrogen and oxygen atoms in total. The van der Waals surface area contributed by atoms with Crippen LogP contribution in [0, 0.1) is 0 Å². The maximum Gasteiger partial charge on any atom is 0.249 e. The van der Waals surface area contributed by atoms with Crippen LogP contribution in [0.1, 0.15) is 32.6 Å². The van der Waals surface area contributed by atoms with Gasteiger partial charge in [-0.3, -0.25) is 20.7 Å². The van der Waals surface area contributed by atoms with Crippen LogP contribution in [0.25, 0.3) is 0 Å². The van der Waals surface area contributed by atoms with Crippen molar-refractivity contribution in [1.82, 2.24) is 36.5 Å². The highest BCUT2D eigenvalue weighted by Crippen LogP contribution is 2.31. The van der Waals surface area contributed by atoms with Gasteiger partial charge in [0.2, 0.25) is 11.8 Å². The number of carbonyl (C=O) groups excluding carboxylic acids is 2. The van der Waals surface area contributed by atoms with Crippen molar-refractivity contribution in [2.24, 2.45) is 38.2 Å². The van der Waals surface area contributed by atoms with Gasteiger partial charge in [-0.2, -0.15) is 0 Å². The van der Waals surface area contributed by atoms with E-state index in [1.165, 1.54) is 9.91 Å². The van der Waals surface area contributed by atoms with Gasteiger partial charge in [0.25, 0.3) is 0 Å². The van der Waals surface area contributed by atoms with E-state index < -0.39 is 24.4 Å². The lowest BCUT2D eigenvalue weighted by atomic mass is 9.88. The topological polar surface area (TPSA) is 228 Å². The summed E-state index contributed by atoms with van der Waals surface area (Å²) < 4.78 is 0. The molecule has 0 aliphatic carbocycles. The fraction of sp³-hybridized carbons (Fsp3) is 0.684. The van der Waals surface area contributed by atoms with E-state index in [2.05, 4.69) is 47.3 Å². The summed E-state index contributed by atoms with van der Waals surface area (Å²) in [5.41, 5.74) is 0.840. The van der Waals surface area contributed by atoms with Crippen molar-refractivity contribution in [1.29, 1.82) is 0 Å². The number of halogens is 1. The molecular formula is C19H33ClN14O2S. The van der Waals surface area contributed by atoms with Crippen LogP contribution in [-0.2, 0) is 9.59 Å². The number of hydrogen-bond donors (Lipinski definition) is 8. The first-order valence-corrected chi connectivity index (χ1v) is 13.2. The van der Waals surface area contributed by atoms with Crippen molar-refractivity contribution in [3.63, 3.8) is 0 Å². The molecule has 204 valence electrons. The molecule has 4 rings (SSSR count). The Bertz CT molecular complexity index is 1010. The predicted octanol–water partition coefficient (Wildman–Crippen LogP) is -1.26. The van der Waals surface area contributed by atoms with Gasteiger partial charge in [-0.1, -0.05) is 22.0 Å². The number of hydrazine groups is 1. The van der Waals surface area contributed by atoms with E-state index in [1.54, 1.807) is 11.8 Å². The number of piperidine rings is 1. The Morgan fingerprint density at radius 2 is 2.00 bits per heavy atom. The Kier molecular flexibility index (Phi) is 8.58. The lowest BCUT2D eigenvalue weighted by molar-refractivity contribution is -0.132. The predicted molar refractivity (Wildman–Crippen MR) is 137 cm³/mol. The molecule has 4 aliphatic rings. The average Bonchev–Trinajstić information content (AvgIpc) is 3.41. The molecule has 3 unspecified atom stereocenters. The van der Waals surface area contributed by atoms with Gasteiger partial charge in [-0.15, -0.1) is 22.0 Å². The van der Waals surface area contributed by atoms with Crippen molar-refractivity contribution < 1.29 is 9.59 Å². The van der Waals surface area contributed by atoms with E-state index in [4.69, 9.17) is 29.1 Å². The van der Waals surface area contributed by atoms with Gasteiger partial charge in [0.05, 0.1) is 5.88 Å². The van der Waals surface area contributed by atoms with Gasteiger partial charge in [-0.05, 0) is 26.2 Å². The molecular weight excluding hydrogens is 524 g/mol. The molecule has 0 aromatic rings. The summed E-state index contributed by atoms with van der Waals surface area (Å²) in [5, 5.41) is 30.7. The second kappa shape index (κ2) is 11.7.